The van der Waals surface area contributed by atoms with Crippen LogP contribution in [0.2, 0.25) is 0 Å². The van der Waals surface area contributed by atoms with E-state index in [-0.39, 0.29) is 19.5 Å². The molecular weight excluding hydrogens is 568 g/mol. The molecule has 1 saturated carbocycles. The van der Waals surface area contributed by atoms with Gasteiger partial charge in [-0.1, -0.05) is 0 Å². The Hall–Kier alpha value is -0.760. The minimum atomic E-state index is -1.60. The number of aliphatic hydroxyl groups is 7. The molecule has 3 saturated heterocycles. The van der Waals surface area contributed by atoms with Crippen molar-refractivity contribution < 1.29 is 64.2 Å². The Kier molecular flexibility index (Phi) is 11.5. The van der Waals surface area contributed by atoms with E-state index in [0.29, 0.717) is 0 Å². The molecule has 19 nitrogen and oxygen atoms in total. The first-order valence-corrected chi connectivity index (χ1v) is 13.9. The Morgan fingerprint density at radius 2 is 0.976 bits per heavy atom. The van der Waals surface area contributed by atoms with Crippen molar-refractivity contribution in [2.45, 2.75) is 123 Å². The molecule has 19 N–H and O–H groups in total. The summed E-state index contributed by atoms with van der Waals surface area (Å²) < 4.78 is 34.6. The van der Waals surface area contributed by atoms with Crippen LogP contribution in [0, 0.1) is 0 Å². The molecule has 3 heterocycles. The van der Waals surface area contributed by atoms with Crippen LogP contribution < -0.4 is 34.4 Å². The van der Waals surface area contributed by atoms with Gasteiger partial charge in [-0.25, -0.2) is 0 Å². The fraction of sp³-hybridized carbons (Fsp3) is 1.00. The van der Waals surface area contributed by atoms with Gasteiger partial charge in [0.05, 0.1) is 24.8 Å². The number of aliphatic hydroxyl groups excluding tert-OH is 7. The summed E-state index contributed by atoms with van der Waals surface area (Å²) in [5.41, 5.74) is 35.6. The second-order valence-corrected chi connectivity index (χ2v) is 11.2. The summed E-state index contributed by atoms with van der Waals surface area (Å²) >= 11 is 0. The Morgan fingerprint density at radius 3 is 1.45 bits per heavy atom. The predicted molar refractivity (Wildman–Crippen MR) is 138 cm³/mol. The number of ether oxygens (including phenoxy) is 6. The Bertz CT molecular complexity index is 868. The molecule has 19 atom stereocenters. The van der Waals surface area contributed by atoms with Gasteiger partial charge < -0.3 is 98.6 Å². The van der Waals surface area contributed by atoms with Gasteiger partial charge in [-0.3, -0.25) is 0 Å². The van der Waals surface area contributed by atoms with E-state index in [0.717, 1.165) is 0 Å². The Labute approximate surface area is 241 Å². The molecule has 4 rings (SSSR count). The molecule has 0 aromatic rings. The van der Waals surface area contributed by atoms with Crippen LogP contribution in [0.3, 0.4) is 0 Å². The molecule has 42 heavy (non-hydrogen) atoms. The maximum atomic E-state index is 11.1. The highest BCUT2D eigenvalue weighted by atomic mass is 16.8. The quantitative estimate of drug-likeness (QED) is 0.115. The minimum Gasteiger partial charge on any atom is -0.394 e. The van der Waals surface area contributed by atoms with Gasteiger partial charge in [0, 0.05) is 25.2 Å². The molecule has 4 aliphatic rings. The average molecular weight is 615 g/mol. The SMILES string of the molecule is NC[C@@H]1O[C@H](O[C@H]2[C@@H](O[C@@H]3O[C@H](CO)[C@H](O[C@@H]4O[C@H](CN)[C@H](O)[C@H](O)[C@@H]4N)[C@@H]3O)[C@@H](O)[C@@H](N)C[C@H]2N)[C@H](N)[C@H](O)[C@H]1O. The van der Waals surface area contributed by atoms with Crippen LogP contribution in [0.1, 0.15) is 6.42 Å². The van der Waals surface area contributed by atoms with Crippen LogP contribution in [0.5, 0.6) is 0 Å². The second-order valence-electron chi connectivity index (χ2n) is 11.2. The molecule has 1 aliphatic carbocycles. The predicted octanol–water partition coefficient (Wildman–Crippen LogP) is -8.90. The van der Waals surface area contributed by atoms with Crippen LogP contribution in [-0.4, -0.2) is 172 Å². The van der Waals surface area contributed by atoms with Crippen molar-refractivity contribution in [3.63, 3.8) is 0 Å². The van der Waals surface area contributed by atoms with Gasteiger partial charge in [-0.2, -0.15) is 0 Å². The van der Waals surface area contributed by atoms with Crippen molar-refractivity contribution >= 4 is 0 Å². The molecule has 0 aromatic carbocycles. The molecule has 0 bridgehead atoms. The van der Waals surface area contributed by atoms with Gasteiger partial charge in [0.1, 0.15) is 67.1 Å². The maximum absolute atomic E-state index is 11.1. The van der Waals surface area contributed by atoms with Crippen molar-refractivity contribution in [3.8, 4) is 0 Å². The molecule has 0 spiro atoms. The Morgan fingerprint density at radius 1 is 0.524 bits per heavy atom. The van der Waals surface area contributed by atoms with E-state index < -0.39 is 123 Å². The van der Waals surface area contributed by atoms with Crippen LogP contribution in [0.4, 0.5) is 0 Å². The van der Waals surface area contributed by atoms with Crippen molar-refractivity contribution in [1.82, 2.24) is 0 Å². The normalized spacial score (nSPS) is 53.8. The first kappa shape index (κ1) is 34.1. The van der Waals surface area contributed by atoms with E-state index in [1.165, 1.54) is 0 Å². The first-order chi connectivity index (χ1) is 19.8. The van der Waals surface area contributed by atoms with Crippen LogP contribution in [-0.2, 0) is 28.4 Å². The van der Waals surface area contributed by atoms with E-state index >= 15 is 0 Å². The van der Waals surface area contributed by atoms with E-state index in [4.69, 9.17) is 62.8 Å². The molecule has 3 aliphatic heterocycles. The molecule has 0 radical (unpaired) electrons. The third-order valence-corrected chi connectivity index (χ3v) is 8.37. The summed E-state index contributed by atoms with van der Waals surface area (Å²) in [5.74, 6) is 0. The lowest BCUT2D eigenvalue weighted by molar-refractivity contribution is -0.306. The molecule has 246 valence electrons. The summed E-state index contributed by atoms with van der Waals surface area (Å²) in [6.45, 7) is -0.967. The van der Waals surface area contributed by atoms with E-state index in [9.17, 15) is 35.7 Å². The summed E-state index contributed by atoms with van der Waals surface area (Å²) in [6, 6.07) is -4.18. The van der Waals surface area contributed by atoms with E-state index in [1.54, 1.807) is 0 Å². The first-order valence-electron chi connectivity index (χ1n) is 13.9. The van der Waals surface area contributed by atoms with Gasteiger partial charge in [0.2, 0.25) is 0 Å². The number of hydrogen-bond donors (Lipinski definition) is 13. The lowest BCUT2D eigenvalue weighted by atomic mass is 9.84. The largest absolute Gasteiger partial charge is 0.394 e. The molecule has 0 unspecified atom stereocenters. The lowest BCUT2D eigenvalue weighted by Gasteiger charge is -2.47. The van der Waals surface area contributed by atoms with Gasteiger partial charge >= 0.3 is 0 Å². The summed E-state index contributed by atoms with van der Waals surface area (Å²) in [4.78, 5) is 0. The van der Waals surface area contributed by atoms with Gasteiger partial charge in [0.15, 0.2) is 18.9 Å². The van der Waals surface area contributed by atoms with Crippen LogP contribution in [0.15, 0.2) is 0 Å². The zero-order valence-electron chi connectivity index (χ0n) is 22.8. The Balaban J connectivity index is 1.50. The summed E-state index contributed by atoms with van der Waals surface area (Å²) in [5, 5.41) is 73.0. The van der Waals surface area contributed by atoms with E-state index in [2.05, 4.69) is 0 Å². The number of rotatable bonds is 9. The van der Waals surface area contributed by atoms with Gasteiger partial charge in [-0.05, 0) is 6.42 Å². The second kappa shape index (κ2) is 14.1. The summed E-state index contributed by atoms with van der Waals surface area (Å²) in [6.07, 6.45) is -19.8. The van der Waals surface area contributed by atoms with E-state index in [1.807, 2.05) is 0 Å². The standard InChI is InChI=1S/C23H46N6O13/c24-2-7-13(32)15(34)10(28)21(37-7)40-18-6(27)1-5(26)12(31)20(18)42-23-17(36)19(9(4-30)39-23)41-22-11(29)16(35)14(33)8(3-25)38-22/h5-23,30-36H,1-4,24-29H2/t5-,6+,7-,8+,9+,10+,11-,12-,13-,14-,15-,16+,17-,18+,19-,20-,21+,22-,23-/m0/s1. The molecule has 19 heteroatoms. The third-order valence-electron chi connectivity index (χ3n) is 8.37. The number of hydrogen-bond acceptors (Lipinski definition) is 19. The molecular formula is C23H46N6O13. The smallest absolute Gasteiger partial charge is 0.187 e. The van der Waals surface area contributed by atoms with Crippen molar-refractivity contribution in [2.75, 3.05) is 19.7 Å². The topological polar surface area (TPSA) is 353 Å². The monoisotopic (exact) mass is 614 g/mol. The minimum absolute atomic E-state index is 0.0889. The highest BCUT2D eigenvalue weighted by molar-refractivity contribution is 5.02. The zero-order valence-corrected chi connectivity index (χ0v) is 22.8. The average Bonchev–Trinajstić information content (AvgIpc) is 3.27. The fourth-order valence-electron chi connectivity index (χ4n) is 5.74. The van der Waals surface area contributed by atoms with Crippen molar-refractivity contribution in [1.29, 1.82) is 0 Å². The fourth-order valence-corrected chi connectivity index (χ4v) is 5.74. The van der Waals surface area contributed by atoms with Gasteiger partial charge in [0.25, 0.3) is 0 Å². The third kappa shape index (κ3) is 6.60. The van der Waals surface area contributed by atoms with Crippen LogP contribution >= 0.6 is 0 Å². The van der Waals surface area contributed by atoms with Crippen LogP contribution in [0.25, 0.3) is 0 Å². The lowest BCUT2D eigenvalue weighted by Crippen LogP contribution is -2.68. The van der Waals surface area contributed by atoms with Crippen molar-refractivity contribution in [3.05, 3.63) is 0 Å². The highest BCUT2D eigenvalue weighted by Crippen LogP contribution is 2.34. The highest BCUT2D eigenvalue weighted by Gasteiger charge is 2.54. The van der Waals surface area contributed by atoms with Gasteiger partial charge in [-0.15, -0.1) is 0 Å². The van der Waals surface area contributed by atoms with Crippen molar-refractivity contribution in [2.24, 2.45) is 34.4 Å². The number of nitrogens with two attached hydrogens (primary N) is 6. The maximum Gasteiger partial charge on any atom is 0.187 e. The summed E-state index contributed by atoms with van der Waals surface area (Å²) in [7, 11) is 0. The zero-order chi connectivity index (χ0) is 31.0. The molecule has 0 amide bonds. The molecule has 0 aromatic heterocycles. The molecule has 4 fully saturated rings.